The lowest BCUT2D eigenvalue weighted by molar-refractivity contribution is 0.1000. The van der Waals surface area contributed by atoms with Crippen LogP contribution in [0.15, 0.2) is 39.7 Å². The largest absolute Gasteiger partial charge is 0.366 e. The third-order valence-corrected chi connectivity index (χ3v) is 2.73. The molecule has 3 nitrogen and oxygen atoms in total. The van der Waals surface area contributed by atoms with Gasteiger partial charge < -0.3 is 5.73 Å². The molecule has 2 N–H and O–H groups in total. The molecule has 0 aromatic heterocycles. The Bertz CT molecular complexity index is 438. The highest BCUT2D eigenvalue weighted by Gasteiger charge is 2.06. The van der Waals surface area contributed by atoms with E-state index in [4.69, 9.17) is 5.73 Å². The summed E-state index contributed by atoms with van der Waals surface area (Å²) >= 11 is 1.57. The van der Waals surface area contributed by atoms with Gasteiger partial charge in [0.25, 0.3) is 0 Å². The summed E-state index contributed by atoms with van der Waals surface area (Å²) in [7, 11) is 0. The maximum absolute atomic E-state index is 10.9. The molecule has 1 amide bonds. The number of thioether (sulfide) groups is 1. The van der Waals surface area contributed by atoms with Gasteiger partial charge in [0.2, 0.25) is 5.91 Å². The average Bonchev–Trinajstić information content (AvgIpc) is 2.41. The fourth-order valence-corrected chi connectivity index (χ4v) is 1.84. The molecule has 0 unspecified atom stereocenters. The normalized spacial score (nSPS) is 13.4. The van der Waals surface area contributed by atoms with Crippen LogP contribution < -0.4 is 5.73 Å². The predicted octanol–water partition coefficient (Wildman–Crippen LogP) is 1.78. The number of carbonyl (C=O) groups excluding carboxylic acids is 1. The molecule has 0 saturated heterocycles. The molecule has 0 atom stereocenters. The van der Waals surface area contributed by atoms with Gasteiger partial charge in [-0.15, -0.1) is 0 Å². The van der Waals surface area contributed by atoms with Crippen LogP contribution in [0.25, 0.3) is 0 Å². The summed E-state index contributed by atoms with van der Waals surface area (Å²) in [4.78, 5) is 16.0. The van der Waals surface area contributed by atoms with E-state index in [0.29, 0.717) is 5.56 Å². The zero-order valence-electron chi connectivity index (χ0n) is 7.31. The van der Waals surface area contributed by atoms with Crippen molar-refractivity contribution in [1.29, 1.82) is 0 Å². The molecule has 14 heavy (non-hydrogen) atoms. The fourth-order valence-electron chi connectivity index (χ4n) is 1.17. The van der Waals surface area contributed by atoms with Crippen molar-refractivity contribution in [3.8, 4) is 0 Å². The Balaban J connectivity index is 2.49. The van der Waals surface area contributed by atoms with E-state index in [2.05, 4.69) is 4.99 Å². The van der Waals surface area contributed by atoms with E-state index < -0.39 is 5.91 Å². The third kappa shape index (κ3) is 1.70. The van der Waals surface area contributed by atoms with Gasteiger partial charge in [-0.25, -0.2) is 0 Å². The first kappa shape index (κ1) is 9.02. The second kappa shape index (κ2) is 3.67. The molecule has 0 saturated carbocycles. The van der Waals surface area contributed by atoms with E-state index >= 15 is 0 Å². The number of hydrogen-bond acceptors (Lipinski definition) is 3. The Morgan fingerprint density at radius 2 is 2.29 bits per heavy atom. The zero-order chi connectivity index (χ0) is 9.97. The number of carbonyl (C=O) groups is 1. The van der Waals surface area contributed by atoms with Crippen molar-refractivity contribution in [3.63, 3.8) is 0 Å². The molecule has 70 valence electrons. The minimum atomic E-state index is -0.414. The number of rotatable bonds is 1. The monoisotopic (exact) mass is 204 g/mol. The number of primary amides is 1. The lowest BCUT2D eigenvalue weighted by atomic mass is 10.1. The van der Waals surface area contributed by atoms with Gasteiger partial charge in [0, 0.05) is 28.4 Å². The minimum absolute atomic E-state index is 0.414. The molecule has 4 heteroatoms. The molecule has 1 aliphatic heterocycles. The highest BCUT2D eigenvalue weighted by Crippen LogP contribution is 2.25. The Hall–Kier alpha value is -1.55. The van der Waals surface area contributed by atoms with Crippen molar-refractivity contribution >= 4 is 23.9 Å². The Kier molecular flexibility index (Phi) is 2.37. The number of nitrogens with zero attached hydrogens (tertiary/aromatic N) is 1. The number of amides is 1. The van der Waals surface area contributed by atoms with Crippen LogP contribution in [0.5, 0.6) is 0 Å². The quantitative estimate of drug-likeness (QED) is 0.758. The Labute approximate surface area is 85.7 Å². The van der Waals surface area contributed by atoms with Crippen molar-refractivity contribution in [2.75, 3.05) is 0 Å². The van der Waals surface area contributed by atoms with Crippen molar-refractivity contribution in [2.45, 2.75) is 4.90 Å². The summed E-state index contributed by atoms with van der Waals surface area (Å²) in [6.07, 6.45) is 3.44. The summed E-state index contributed by atoms with van der Waals surface area (Å²) in [5.41, 5.74) is 6.62. The van der Waals surface area contributed by atoms with E-state index in [1.807, 2.05) is 11.5 Å². The molecule has 1 aliphatic rings. The molecular formula is C10H8N2OS. The van der Waals surface area contributed by atoms with Gasteiger partial charge in [0.15, 0.2) is 0 Å². The smallest absolute Gasteiger partial charge is 0.248 e. The molecule has 1 heterocycles. The number of hydrogen-bond donors (Lipinski definition) is 1. The predicted molar refractivity (Wildman–Crippen MR) is 57.6 cm³/mol. The molecule has 0 spiro atoms. The molecule has 0 radical (unpaired) electrons. The van der Waals surface area contributed by atoms with Crippen LogP contribution >= 0.6 is 11.8 Å². The number of aliphatic imine (C=N–C) groups is 1. The van der Waals surface area contributed by atoms with E-state index in [1.165, 1.54) is 0 Å². The highest BCUT2D eigenvalue weighted by atomic mass is 32.2. The van der Waals surface area contributed by atoms with Crippen LogP contribution in [-0.2, 0) is 0 Å². The second-order valence-electron chi connectivity index (χ2n) is 2.80. The van der Waals surface area contributed by atoms with Crippen molar-refractivity contribution in [2.24, 2.45) is 10.7 Å². The third-order valence-electron chi connectivity index (χ3n) is 1.85. The second-order valence-corrected chi connectivity index (χ2v) is 3.75. The molecular weight excluding hydrogens is 196 g/mol. The van der Waals surface area contributed by atoms with Crippen molar-refractivity contribution < 1.29 is 4.79 Å². The van der Waals surface area contributed by atoms with Crippen LogP contribution in [0.4, 0.5) is 0 Å². The van der Waals surface area contributed by atoms with Gasteiger partial charge in [-0.1, -0.05) is 11.8 Å². The highest BCUT2D eigenvalue weighted by molar-refractivity contribution is 8.02. The minimum Gasteiger partial charge on any atom is -0.366 e. The average molecular weight is 204 g/mol. The first-order chi connectivity index (χ1) is 6.77. The van der Waals surface area contributed by atoms with E-state index in [9.17, 15) is 4.79 Å². The molecule has 0 aliphatic carbocycles. The standard InChI is InChI=1S/C10H8N2OS/c11-10(13)7-1-2-9-8(5-7)6-12-3-4-14-9/h1-6H,(H2,11,13). The molecule has 1 aromatic rings. The number of benzene rings is 1. The summed E-state index contributed by atoms with van der Waals surface area (Å²) < 4.78 is 0. The van der Waals surface area contributed by atoms with Gasteiger partial charge in [-0.2, -0.15) is 0 Å². The first-order valence-corrected chi connectivity index (χ1v) is 4.94. The molecule has 1 aromatic carbocycles. The summed E-state index contributed by atoms with van der Waals surface area (Å²) in [6.45, 7) is 0. The zero-order valence-corrected chi connectivity index (χ0v) is 8.12. The number of nitrogens with two attached hydrogens (primary N) is 1. The van der Waals surface area contributed by atoms with Crippen LogP contribution in [0, 0.1) is 0 Å². The van der Waals surface area contributed by atoms with E-state index in [0.717, 1.165) is 10.5 Å². The number of fused-ring (bicyclic) bond motifs is 1. The summed E-state index contributed by atoms with van der Waals surface area (Å²) in [6, 6.07) is 5.35. The van der Waals surface area contributed by atoms with E-state index in [-0.39, 0.29) is 0 Å². The van der Waals surface area contributed by atoms with Gasteiger partial charge in [-0.3, -0.25) is 9.79 Å². The van der Waals surface area contributed by atoms with Crippen molar-refractivity contribution in [3.05, 3.63) is 40.9 Å². The Morgan fingerprint density at radius 3 is 3.07 bits per heavy atom. The molecule has 2 rings (SSSR count). The van der Waals surface area contributed by atoms with Gasteiger partial charge in [0.1, 0.15) is 0 Å². The van der Waals surface area contributed by atoms with Gasteiger partial charge in [0.05, 0.1) is 0 Å². The van der Waals surface area contributed by atoms with Crippen molar-refractivity contribution in [1.82, 2.24) is 0 Å². The maximum Gasteiger partial charge on any atom is 0.248 e. The lowest BCUT2D eigenvalue weighted by Crippen LogP contribution is -2.11. The maximum atomic E-state index is 10.9. The summed E-state index contributed by atoms with van der Waals surface area (Å²) in [5.74, 6) is -0.414. The van der Waals surface area contributed by atoms with Crippen LogP contribution in [0.3, 0.4) is 0 Å². The topological polar surface area (TPSA) is 55.5 Å². The first-order valence-electron chi connectivity index (χ1n) is 4.06. The lowest BCUT2D eigenvalue weighted by Gasteiger charge is -2.02. The van der Waals surface area contributed by atoms with Crippen LogP contribution in [0.1, 0.15) is 15.9 Å². The van der Waals surface area contributed by atoms with Gasteiger partial charge >= 0.3 is 0 Å². The summed E-state index contributed by atoms with van der Waals surface area (Å²) in [5, 5.41) is 1.90. The van der Waals surface area contributed by atoms with Crippen LogP contribution in [-0.4, -0.2) is 12.1 Å². The van der Waals surface area contributed by atoms with E-state index in [1.54, 1.807) is 36.3 Å². The molecule has 0 fully saturated rings. The Morgan fingerprint density at radius 1 is 1.43 bits per heavy atom. The fraction of sp³-hybridized carbons (Fsp3) is 0. The SMILES string of the molecule is NC(=O)c1ccc2c(c1)C=NC=CS2. The van der Waals surface area contributed by atoms with Gasteiger partial charge in [-0.05, 0) is 23.6 Å². The molecule has 0 bridgehead atoms. The van der Waals surface area contributed by atoms with Crippen LogP contribution in [0.2, 0.25) is 0 Å².